The van der Waals surface area contributed by atoms with Gasteiger partial charge in [-0.15, -0.1) is 0 Å². The molecule has 2 aromatic rings. The summed E-state index contributed by atoms with van der Waals surface area (Å²) in [4.78, 5) is 11.8. The number of thiocarbonyl (C=S) groups is 1. The predicted molar refractivity (Wildman–Crippen MR) is 96.6 cm³/mol. The van der Waals surface area contributed by atoms with Crippen molar-refractivity contribution < 1.29 is 4.79 Å². The fourth-order valence-corrected chi connectivity index (χ4v) is 2.14. The van der Waals surface area contributed by atoms with Crippen molar-refractivity contribution in [1.82, 2.24) is 16.2 Å². The minimum atomic E-state index is -0.150. The van der Waals surface area contributed by atoms with Crippen molar-refractivity contribution in [3.05, 3.63) is 71.3 Å². The molecule has 2 rings (SSSR count). The van der Waals surface area contributed by atoms with Gasteiger partial charge in [-0.05, 0) is 41.9 Å². The lowest BCUT2D eigenvalue weighted by molar-refractivity contribution is -0.121. The van der Waals surface area contributed by atoms with Gasteiger partial charge in [0.25, 0.3) is 0 Å². The Bertz CT molecular complexity index is 723. The van der Waals surface area contributed by atoms with Crippen molar-refractivity contribution in [1.29, 1.82) is 5.26 Å². The van der Waals surface area contributed by atoms with Crippen LogP contribution in [0.3, 0.4) is 0 Å². The van der Waals surface area contributed by atoms with Gasteiger partial charge in [-0.1, -0.05) is 42.5 Å². The molecular weight excluding hydrogens is 320 g/mol. The number of carbonyl (C=O) groups is 1. The molecule has 6 heteroatoms. The number of nitriles is 1. The van der Waals surface area contributed by atoms with Crippen LogP contribution in [-0.4, -0.2) is 11.0 Å². The van der Waals surface area contributed by atoms with Crippen LogP contribution in [0.25, 0.3) is 0 Å². The lowest BCUT2D eigenvalue weighted by Gasteiger charge is -2.11. The third-order valence-corrected chi connectivity index (χ3v) is 3.58. The van der Waals surface area contributed by atoms with E-state index in [9.17, 15) is 4.79 Å². The lowest BCUT2D eigenvalue weighted by atomic mass is 10.1. The first-order chi connectivity index (χ1) is 11.7. The molecule has 0 aliphatic rings. The fourth-order valence-electron chi connectivity index (χ4n) is 2.02. The van der Waals surface area contributed by atoms with E-state index in [1.54, 1.807) is 12.1 Å². The van der Waals surface area contributed by atoms with Crippen molar-refractivity contribution in [2.24, 2.45) is 0 Å². The summed E-state index contributed by atoms with van der Waals surface area (Å²) >= 11 is 5.11. The molecule has 0 aromatic heterocycles. The number of benzene rings is 2. The number of amides is 1. The summed E-state index contributed by atoms with van der Waals surface area (Å²) in [5, 5.41) is 12.1. The highest BCUT2D eigenvalue weighted by molar-refractivity contribution is 7.80. The van der Waals surface area contributed by atoms with Gasteiger partial charge in [0.05, 0.1) is 11.6 Å². The Balaban J connectivity index is 1.65. The molecule has 3 N–H and O–H groups in total. The number of carbonyl (C=O) groups excluding carboxylic acids is 1. The molecule has 1 amide bonds. The van der Waals surface area contributed by atoms with Crippen LogP contribution in [0.15, 0.2) is 54.6 Å². The van der Waals surface area contributed by atoms with Crippen LogP contribution in [0.5, 0.6) is 0 Å². The third-order valence-electron chi connectivity index (χ3n) is 3.34. The second-order valence-electron chi connectivity index (χ2n) is 5.15. The molecule has 0 aliphatic heterocycles. The molecule has 0 atom stereocenters. The molecule has 0 radical (unpaired) electrons. The normalized spacial score (nSPS) is 9.62. The molecule has 0 aliphatic carbocycles. The highest BCUT2D eigenvalue weighted by atomic mass is 32.1. The number of hydrazine groups is 1. The Hall–Kier alpha value is -2.91. The highest BCUT2D eigenvalue weighted by Gasteiger charge is 2.03. The Morgan fingerprint density at radius 1 is 1.00 bits per heavy atom. The van der Waals surface area contributed by atoms with Crippen LogP contribution in [0.1, 0.15) is 23.1 Å². The number of nitrogens with zero attached hydrogens (tertiary/aromatic N) is 1. The van der Waals surface area contributed by atoms with E-state index in [-0.39, 0.29) is 5.91 Å². The van der Waals surface area contributed by atoms with E-state index < -0.39 is 0 Å². The molecular formula is C18H18N4OS. The van der Waals surface area contributed by atoms with Gasteiger partial charge < -0.3 is 5.32 Å². The van der Waals surface area contributed by atoms with E-state index in [0.29, 0.717) is 30.1 Å². The topological polar surface area (TPSA) is 77.0 Å². The summed E-state index contributed by atoms with van der Waals surface area (Å²) in [6.07, 6.45) is 0.934. The van der Waals surface area contributed by atoms with Crippen molar-refractivity contribution in [2.45, 2.75) is 19.4 Å². The predicted octanol–water partition coefficient (Wildman–Crippen LogP) is 2.19. The zero-order chi connectivity index (χ0) is 17.2. The zero-order valence-electron chi connectivity index (χ0n) is 13.1. The minimum absolute atomic E-state index is 0.150. The van der Waals surface area contributed by atoms with E-state index in [0.717, 1.165) is 11.1 Å². The van der Waals surface area contributed by atoms with Gasteiger partial charge in [0.1, 0.15) is 0 Å². The molecule has 0 saturated carbocycles. The van der Waals surface area contributed by atoms with Crippen LogP contribution in [0.4, 0.5) is 0 Å². The lowest BCUT2D eigenvalue weighted by Crippen LogP contribution is -2.46. The van der Waals surface area contributed by atoms with Gasteiger partial charge >= 0.3 is 0 Å². The molecule has 0 saturated heterocycles. The quantitative estimate of drug-likeness (QED) is 0.575. The van der Waals surface area contributed by atoms with E-state index >= 15 is 0 Å². The maximum atomic E-state index is 11.8. The van der Waals surface area contributed by atoms with Gasteiger partial charge in [-0.2, -0.15) is 5.26 Å². The zero-order valence-corrected chi connectivity index (χ0v) is 13.9. The number of aryl methyl sites for hydroxylation is 1. The molecule has 0 spiro atoms. The standard InChI is InChI=1S/C18H18N4OS/c19-12-15-8-6-14(7-9-15)10-11-17(23)21-22-18(24)20-13-16-4-2-1-3-5-16/h1-9H,10-11,13H2,(H,21,23)(H2,20,22,24). The van der Waals surface area contributed by atoms with Crippen molar-refractivity contribution in [3.8, 4) is 6.07 Å². The van der Waals surface area contributed by atoms with E-state index in [4.69, 9.17) is 17.5 Å². The summed E-state index contributed by atoms with van der Waals surface area (Å²) in [6, 6.07) is 19.1. The Morgan fingerprint density at radius 2 is 1.71 bits per heavy atom. The van der Waals surface area contributed by atoms with Crippen LogP contribution >= 0.6 is 12.2 Å². The number of hydrogen-bond acceptors (Lipinski definition) is 3. The SMILES string of the molecule is N#Cc1ccc(CCC(=O)NNC(=S)NCc2ccccc2)cc1. The van der Waals surface area contributed by atoms with E-state index in [1.807, 2.05) is 42.5 Å². The smallest absolute Gasteiger partial charge is 0.238 e. The largest absolute Gasteiger partial charge is 0.357 e. The maximum absolute atomic E-state index is 11.8. The fraction of sp³-hybridized carbons (Fsp3) is 0.167. The van der Waals surface area contributed by atoms with Crippen LogP contribution in [-0.2, 0) is 17.8 Å². The number of nitrogens with one attached hydrogen (secondary N) is 3. The monoisotopic (exact) mass is 338 g/mol. The Kier molecular flexibility index (Phi) is 6.74. The second-order valence-corrected chi connectivity index (χ2v) is 5.56. The molecule has 0 unspecified atom stereocenters. The molecule has 0 bridgehead atoms. The minimum Gasteiger partial charge on any atom is -0.357 e. The summed E-state index contributed by atoms with van der Waals surface area (Å²) in [7, 11) is 0. The van der Waals surface area contributed by atoms with Gasteiger partial charge in [-0.25, -0.2) is 0 Å². The van der Waals surface area contributed by atoms with E-state index in [1.165, 1.54) is 0 Å². The van der Waals surface area contributed by atoms with Crippen LogP contribution in [0, 0.1) is 11.3 Å². The van der Waals surface area contributed by atoms with E-state index in [2.05, 4.69) is 22.2 Å². The second kappa shape index (κ2) is 9.28. The molecule has 2 aromatic carbocycles. The molecule has 5 nitrogen and oxygen atoms in total. The van der Waals surface area contributed by atoms with Crippen LogP contribution in [0.2, 0.25) is 0 Å². The number of hydrogen-bond donors (Lipinski definition) is 3. The first-order valence-corrected chi connectivity index (χ1v) is 7.94. The Morgan fingerprint density at radius 3 is 2.38 bits per heavy atom. The summed E-state index contributed by atoms with van der Waals surface area (Å²) in [6.45, 7) is 0.591. The highest BCUT2D eigenvalue weighted by Crippen LogP contribution is 2.05. The van der Waals surface area contributed by atoms with Crippen molar-refractivity contribution >= 4 is 23.2 Å². The number of rotatable bonds is 5. The van der Waals surface area contributed by atoms with Crippen molar-refractivity contribution in [2.75, 3.05) is 0 Å². The van der Waals surface area contributed by atoms with Gasteiger partial charge in [0, 0.05) is 13.0 Å². The summed E-state index contributed by atoms with van der Waals surface area (Å²) in [5.74, 6) is -0.150. The van der Waals surface area contributed by atoms with Gasteiger partial charge in [-0.3, -0.25) is 15.6 Å². The summed E-state index contributed by atoms with van der Waals surface area (Å²) < 4.78 is 0. The van der Waals surface area contributed by atoms with Gasteiger partial charge in [0.2, 0.25) is 5.91 Å². The Labute approximate surface area is 146 Å². The molecule has 24 heavy (non-hydrogen) atoms. The maximum Gasteiger partial charge on any atom is 0.238 e. The van der Waals surface area contributed by atoms with Gasteiger partial charge in [0.15, 0.2) is 5.11 Å². The average molecular weight is 338 g/mol. The molecule has 0 heterocycles. The van der Waals surface area contributed by atoms with Crippen LogP contribution < -0.4 is 16.2 Å². The molecule has 0 fully saturated rings. The molecule has 122 valence electrons. The first-order valence-electron chi connectivity index (χ1n) is 7.53. The summed E-state index contributed by atoms with van der Waals surface area (Å²) in [5.41, 5.74) is 7.98. The average Bonchev–Trinajstić information content (AvgIpc) is 2.64. The third kappa shape index (κ3) is 6.07. The first kappa shape index (κ1) is 17.4. The van der Waals surface area contributed by atoms with Crippen molar-refractivity contribution in [3.63, 3.8) is 0 Å².